The SMILES string of the molecule is CN(CCNCCCOCC(F)(F)F)C1CCCC1. The maximum absolute atomic E-state index is 11.8. The van der Waals surface area contributed by atoms with E-state index < -0.39 is 12.8 Å². The Morgan fingerprint density at radius 3 is 2.53 bits per heavy atom. The molecule has 0 aromatic rings. The highest BCUT2D eigenvalue weighted by Gasteiger charge is 2.27. The predicted molar refractivity (Wildman–Crippen MR) is 69.2 cm³/mol. The first-order valence-corrected chi connectivity index (χ1v) is 7.04. The van der Waals surface area contributed by atoms with E-state index in [2.05, 4.69) is 22.0 Å². The molecule has 1 aliphatic carbocycles. The normalized spacial score (nSPS) is 17.5. The number of hydrogen-bond acceptors (Lipinski definition) is 3. The van der Waals surface area contributed by atoms with E-state index in [0.29, 0.717) is 13.0 Å². The summed E-state index contributed by atoms with van der Waals surface area (Å²) in [7, 11) is 2.14. The first-order chi connectivity index (χ1) is 8.99. The van der Waals surface area contributed by atoms with Crippen molar-refractivity contribution in [3.05, 3.63) is 0 Å². The molecule has 0 spiro atoms. The van der Waals surface area contributed by atoms with Crippen LogP contribution in [0.25, 0.3) is 0 Å². The number of nitrogens with zero attached hydrogens (tertiary/aromatic N) is 1. The Morgan fingerprint density at radius 2 is 1.89 bits per heavy atom. The van der Waals surface area contributed by atoms with E-state index in [1.165, 1.54) is 25.7 Å². The number of alkyl halides is 3. The Labute approximate surface area is 113 Å². The van der Waals surface area contributed by atoms with Crippen molar-refractivity contribution in [2.24, 2.45) is 0 Å². The lowest BCUT2D eigenvalue weighted by Gasteiger charge is -2.23. The summed E-state index contributed by atoms with van der Waals surface area (Å²) in [6.07, 6.45) is 1.65. The van der Waals surface area contributed by atoms with Crippen LogP contribution in [-0.4, -0.2) is 57.0 Å². The zero-order chi connectivity index (χ0) is 14.1. The van der Waals surface area contributed by atoms with E-state index in [-0.39, 0.29) is 6.61 Å². The third-order valence-electron chi connectivity index (χ3n) is 3.50. The second kappa shape index (κ2) is 8.76. The minimum atomic E-state index is -4.21. The van der Waals surface area contributed by atoms with Gasteiger partial charge in [-0.15, -0.1) is 0 Å². The number of nitrogens with one attached hydrogen (secondary N) is 1. The van der Waals surface area contributed by atoms with E-state index in [9.17, 15) is 13.2 Å². The molecule has 6 heteroatoms. The first kappa shape index (κ1) is 16.7. The molecule has 1 fully saturated rings. The smallest absolute Gasteiger partial charge is 0.372 e. The predicted octanol–water partition coefficient (Wildman–Crippen LogP) is 2.42. The van der Waals surface area contributed by atoms with Crippen LogP contribution in [0.3, 0.4) is 0 Å². The highest BCUT2D eigenvalue weighted by atomic mass is 19.4. The lowest BCUT2D eigenvalue weighted by molar-refractivity contribution is -0.173. The summed E-state index contributed by atoms with van der Waals surface area (Å²) in [6, 6.07) is 0.719. The van der Waals surface area contributed by atoms with Gasteiger partial charge in [-0.2, -0.15) is 13.2 Å². The van der Waals surface area contributed by atoms with Crippen LogP contribution in [0.4, 0.5) is 13.2 Å². The quantitative estimate of drug-likeness (QED) is 0.657. The van der Waals surface area contributed by atoms with Crippen molar-refractivity contribution in [1.82, 2.24) is 10.2 Å². The molecular weight excluding hydrogens is 257 g/mol. The molecule has 1 saturated carbocycles. The van der Waals surface area contributed by atoms with Crippen LogP contribution in [0.2, 0.25) is 0 Å². The standard InChI is InChI=1S/C13H25F3N2O/c1-18(12-5-2-3-6-12)9-8-17-7-4-10-19-11-13(14,15)16/h12,17H,2-11H2,1H3. The van der Waals surface area contributed by atoms with Crippen LogP contribution in [-0.2, 0) is 4.74 Å². The molecule has 0 aromatic heterocycles. The number of halogens is 3. The van der Waals surface area contributed by atoms with Crippen LogP contribution in [0.1, 0.15) is 32.1 Å². The number of ether oxygens (including phenoxy) is 1. The third kappa shape index (κ3) is 8.44. The molecular formula is C13H25F3N2O. The molecule has 19 heavy (non-hydrogen) atoms. The molecule has 3 nitrogen and oxygen atoms in total. The van der Waals surface area contributed by atoms with Crippen molar-refractivity contribution in [1.29, 1.82) is 0 Å². The van der Waals surface area contributed by atoms with Crippen molar-refractivity contribution >= 4 is 0 Å². The van der Waals surface area contributed by atoms with Crippen molar-refractivity contribution in [3.63, 3.8) is 0 Å². The van der Waals surface area contributed by atoms with Gasteiger partial charge in [0.15, 0.2) is 0 Å². The van der Waals surface area contributed by atoms with E-state index in [0.717, 1.165) is 19.1 Å². The van der Waals surface area contributed by atoms with E-state index in [1.54, 1.807) is 0 Å². The zero-order valence-electron chi connectivity index (χ0n) is 11.6. The van der Waals surface area contributed by atoms with Crippen LogP contribution < -0.4 is 5.32 Å². The van der Waals surface area contributed by atoms with Gasteiger partial charge in [0, 0.05) is 25.7 Å². The van der Waals surface area contributed by atoms with Gasteiger partial charge in [-0.3, -0.25) is 0 Å². The minimum absolute atomic E-state index is 0.158. The Hall–Kier alpha value is -0.330. The van der Waals surface area contributed by atoms with Gasteiger partial charge in [-0.05, 0) is 32.9 Å². The first-order valence-electron chi connectivity index (χ1n) is 7.04. The number of likely N-dealkylation sites (N-methyl/N-ethyl adjacent to an activating group) is 1. The monoisotopic (exact) mass is 282 g/mol. The fourth-order valence-electron chi connectivity index (χ4n) is 2.40. The van der Waals surface area contributed by atoms with Crippen molar-refractivity contribution in [2.75, 3.05) is 39.9 Å². The van der Waals surface area contributed by atoms with Gasteiger partial charge in [0.1, 0.15) is 6.61 Å². The van der Waals surface area contributed by atoms with Crippen LogP contribution >= 0.6 is 0 Å². The highest BCUT2D eigenvalue weighted by molar-refractivity contribution is 4.75. The summed E-state index contributed by atoms with van der Waals surface area (Å²) in [4.78, 5) is 2.38. The highest BCUT2D eigenvalue weighted by Crippen LogP contribution is 2.21. The summed E-state index contributed by atoms with van der Waals surface area (Å²) < 4.78 is 39.9. The molecule has 0 unspecified atom stereocenters. The molecule has 0 heterocycles. The third-order valence-corrected chi connectivity index (χ3v) is 3.50. The Kier molecular flexibility index (Phi) is 7.71. The zero-order valence-corrected chi connectivity index (χ0v) is 11.6. The summed E-state index contributed by atoms with van der Waals surface area (Å²) in [5.41, 5.74) is 0. The van der Waals surface area contributed by atoms with Gasteiger partial charge >= 0.3 is 6.18 Å². The molecule has 114 valence electrons. The molecule has 0 radical (unpaired) electrons. The van der Waals surface area contributed by atoms with Gasteiger partial charge in [0.05, 0.1) is 0 Å². The molecule has 0 amide bonds. The Bertz CT molecular complexity index is 230. The molecule has 0 bridgehead atoms. The van der Waals surface area contributed by atoms with Crippen LogP contribution in [0.5, 0.6) is 0 Å². The molecule has 0 aliphatic heterocycles. The largest absolute Gasteiger partial charge is 0.411 e. The number of rotatable bonds is 9. The number of hydrogen-bond donors (Lipinski definition) is 1. The average molecular weight is 282 g/mol. The second-order valence-electron chi connectivity index (χ2n) is 5.19. The summed E-state index contributed by atoms with van der Waals surface area (Å²) in [5, 5.41) is 3.23. The fraction of sp³-hybridized carbons (Fsp3) is 1.00. The van der Waals surface area contributed by atoms with Crippen LogP contribution in [0.15, 0.2) is 0 Å². The molecule has 1 rings (SSSR count). The van der Waals surface area contributed by atoms with Gasteiger partial charge in [-0.1, -0.05) is 12.8 Å². The molecule has 0 aromatic carbocycles. The summed E-state index contributed by atoms with van der Waals surface area (Å²) in [6.45, 7) is 1.60. The van der Waals surface area contributed by atoms with Gasteiger partial charge in [0.25, 0.3) is 0 Å². The lowest BCUT2D eigenvalue weighted by atomic mass is 10.2. The topological polar surface area (TPSA) is 24.5 Å². The van der Waals surface area contributed by atoms with Gasteiger partial charge < -0.3 is 15.0 Å². The minimum Gasteiger partial charge on any atom is -0.372 e. The Balaban J connectivity index is 1.85. The van der Waals surface area contributed by atoms with E-state index in [4.69, 9.17) is 0 Å². The van der Waals surface area contributed by atoms with Gasteiger partial charge in [-0.25, -0.2) is 0 Å². The summed E-state index contributed by atoms with van der Waals surface area (Å²) in [5.74, 6) is 0. The van der Waals surface area contributed by atoms with Crippen LogP contribution in [0, 0.1) is 0 Å². The average Bonchev–Trinajstić information content (AvgIpc) is 2.84. The maximum Gasteiger partial charge on any atom is 0.411 e. The van der Waals surface area contributed by atoms with Crippen molar-refractivity contribution in [3.8, 4) is 0 Å². The molecule has 0 saturated heterocycles. The van der Waals surface area contributed by atoms with Gasteiger partial charge in [0.2, 0.25) is 0 Å². The molecule has 0 atom stereocenters. The van der Waals surface area contributed by atoms with E-state index in [1.807, 2.05) is 0 Å². The second-order valence-corrected chi connectivity index (χ2v) is 5.19. The fourth-order valence-corrected chi connectivity index (χ4v) is 2.40. The maximum atomic E-state index is 11.8. The Morgan fingerprint density at radius 1 is 1.21 bits per heavy atom. The molecule has 1 aliphatic rings. The van der Waals surface area contributed by atoms with Crippen molar-refractivity contribution < 1.29 is 17.9 Å². The van der Waals surface area contributed by atoms with Crippen molar-refractivity contribution in [2.45, 2.75) is 44.3 Å². The molecule has 1 N–H and O–H groups in total. The lowest BCUT2D eigenvalue weighted by Crippen LogP contribution is -2.35. The summed E-state index contributed by atoms with van der Waals surface area (Å²) >= 11 is 0. The van der Waals surface area contributed by atoms with E-state index >= 15 is 0 Å².